The Hall–Kier alpha value is -1.73. The Labute approximate surface area is 124 Å². The van der Waals surface area contributed by atoms with E-state index in [9.17, 15) is 18.4 Å². The van der Waals surface area contributed by atoms with E-state index in [-0.39, 0.29) is 36.8 Å². The van der Waals surface area contributed by atoms with E-state index in [1.54, 1.807) is 0 Å². The molecule has 1 heterocycles. The first kappa shape index (κ1) is 15.7. The van der Waals surface area contributed by atoms with Gasteiger partial charge in [-0.1, -0.05) is 11.6 Å². The summed E-state index contributed by atoms with van der Waals surface area (Å²) in [7, 11) is 0. The predicted molar refractivity (Wildman–Crippen MR) is 69.3 cm³/mol. The van der Waals surface area contributed by atoms with Gasteiger partial charge < -0.3 is 14.7 Å². The Bertz CT molecular complexity index is 582. The fourth-order valence-electron chi connectivity index (χ4n) is 2.13. The maximum absolute atomic E-state index is 13.3. The average Bonchev–Trinajstić information content (AvgIpc) is 2.42. The van der Waals surface area contributed by atoms with Crippen LogP contribution in [-0.4, -0.2) is 47.7 Å². The number of aliphatic carboxylic acids is 1. The van der Waals surface area contributed by atoms with Crippen LogP contribution >= 0.6 is 11.6 Å². The standard InChI is InChI=1S/C13H12ClF2NO4/c14-9-5-11(16)10(15)4-8(9)13(20)17-1-2-21-6-7(17)3-12(18)19/h4-5,7H,1-3,6H2,(H,18,19). The van der Waals surface area contributed by atoms with Gasteiger partial charge >= 0.3 is 5.97 Å². The van der Waals surface area contributed by atoms with Gasteiger partial charge in [0.1, 0.15) is 0 Å². The maximum atomic E-state index is 13.3. The predicted octanol–water partition coefficient (Wildman–Crippen LogP) is 1.93. The number of ether oxygens (including phenoxy) is 1. The van der Waals surface area contributed by atoms with Gasteiger partial charge in [0.15, 0.2) is 11.6 Å². The Balaban J connectivity index is 2.28. The first-order valence-electron chi connectivity index (χ1n) is 6.15. The number of morpholine rings is 1. The lowest BCUT2D eigenvalue weighted by Crippen LogP contribution is -2.49. The van der Waals surface area contributed by atoms with Gasteiger partial charge in [0.25, 0.3) is 5.91 Å². The molecular weight excluding hydrogens is 308 g/mol. The summed E-state index contributed by atoms with van der Waals surface area (Å²) in [6.45, 7) is 0.467. The summed E-state index contributed by atoms with van der Waals surface area (Å²) >= 11 is 5.77. The molecule has 1 aliphatic heterocycles. The van der Waals surface area contributed by atoms with Crippen LogP contribution in [0.25, 0.3) is 0 Å². The first-order chi connectivity index (χ1) is 9.90. The number of carboxylic acid groups (broad SMARTS) is 1. The second-order valence-corrected chi connectivity index (χ2v) is 4.98. The van der Waals surface area contributed by atoms with Gasteiger partial charge in [-0.05, 0) is 12.1 Å². The molecule has 1 aromatic carbocycles. The van der Waals surface area contributed by atoms with Crippen molar-refractivity contribution < 1.29 is 28.2 Å². The molecule has 2 rings (SSSR count). The average molecular weight is 320 g/mol. The Morgan fingerprint density at radius 3 is 2.71 bits per heavy atom. The molecule has 114 valence electrons. The molecule has 1 fully saturated rings. The number of amides is 1. The highest BCUT2D eigenvalue weighted by atomic mass is 35.5. The van der Waals surface area contributed by atoms with E-state index in [1.807, 2.05) is 0 Å². The van der Waals surface area contributed by atoms with Crippen molar-refractivity contribution in [3.05, 3.63) is 34.4 Å². The summed E-state index contributed by atoms with van der Waals surface area (Å²) < 4.78 is 31.5. The van der Waals surface area contributed by atoms with E-state index in [0.29, 0.717) is 6.07 Å². The second kappa shape index (κ2) is 6.36. The van der Waals surface area contributed by atoms with E-state index in [0.717, 1.165) is 6.07 Å². The topological polar surface area (TPSA) is 66.8 Å². The normalized spacial score (nSPS) is 18.6. The molecule has 0 saturated carbocycles. The number of carboxylic acids is 1. The van der Waals surface area contributed by atoms with Crippen LogP contribution in [0.1, 0.15) is 16.8 Å². The van der Waals surface area contributed by atoms with Crippen LogP contribution < -0.4 is 0 Å². The molecule has 1 aromatic rings. The quantitative estimate of drug-likeness (QED) is 0.865. The molecule has 0 radical (unpaired) electrons. The van der Waals surface area contributed by atoms with Crippen LogP contribution in [0.2, 0.25) is 5.02 Å². The lowest BCUT2D eigenvalue weighted by atomic mass is 10.1. The zero-order chi connectivity index (χ0) is 15.6. The van der Waals surface area contributed by atoms with Crippen molar-refractivity contribution in [2.45, 2.75) is 12.5 Å². The number of hydrogen-bond acceptors (Lipinski definition) is 3. The third-order valence-corrected chi connectivity index (χ3v) is 3.45. The SMILES string of the molecule is O=C(O)CC1COCCN1C(=O)c1cc(F)c(F)cc1Cl. The zero-order valence-corrected chi connectivity index (χ0v) is 11.6. The minimum atomic E-state index is -1.19. The van der Waals surface area contributed by atoms with Crippen LogP contribution in [0.3, 0.4) is 0 Å². The summed E-state index contributed by atoms with van der Waals surface area (Å²) in [5.74, 6) is -4.07. The number of halogens is 3. The van der Waals surface area contributed by atoms with Gasteiger partial charge in [-0.2, -0.15) is 0 Å². The fraction of sp³-hybridized carbons (Fsp3) is 0.385. The van der Waals surface area contributed by atoms with Crippen LogP contribution in [0.5, 0.6) is 0 Å². The lowest BCUT2D eigenvalue weighted by Gasteiger charge is -2.35. The highest BCUT2D eigenvalue weighted by Crippen LogP contribution is 2.23. The lowest BCUT2D eigenvalue weighted by molar-refractivity contribution is -0.139. The highest BCUT2D eigenvalue weighted by molar-refractivity contribution is 6.33. The van der Waals surface area contributed by atoms with Crippen molar-refractivity contribution in [2.75, 3.05) is 19.8 Å². The Kier molecular flexibility index (Phi) is 4.74. The summed E-state index contributed by atoms with van der Waals surface area (Å²) in [4.78, 5) is 24.4. The molecule has 1 aliphatic rings. The van der Waals surface area contributed by atoms with E-state index in [1.165, 1.54) is 4.90 Å². The number of hydrogen-bond donors (Lipinski definition) is 1. The van der Waals surface area contributed by atoms with E-state index >= 15 is 0 Å². The van der Waals surface area contributed by atoms with E-state index in [4.69, 9.17) is 21.4 Å². The minimum Gasteiger partial charge on any atom is -0.481 e. The van der Waals surface area contributed by atoms with Crippen molar-refractivity contribution in [1.29, 1.82) is 0 Å². The molecule has 0 aromatic heterocycles. The summed E-state index contributed by atoms with van der Waals surface area (Å²) in [5.41, 5.74) is -0.201. The van der Waals surface area contributed by atoms with Gasteiger partial charge in [-0.3, -0.25) is 9.59 Å². The van der Waals surface area contributed by atoms with Crippen LogP contribution in [0, 0.1) is 11.6 Å². The molecule has 1 saturated heterocycles. The molecule has 0 bridgehead atoms. The third-order valence-electron chi connectivity index (χ3n) is 3.14. The minimum absolute atomic E-state index is 0.0688. The molecule has 1 amide bonds. The summed E-state index contributed by atoms with van der Waals surface area (Å²) in [6, 6.07) is 0.761. The smallest absolute Gasteiger partial charge is 0.305 e. The number of benzene rings is 1. The second-order valence-electron chi connectivity index (χ2n) is 4.57. The van der Waals surface area contributed by atoms with Gasteiger partial charge in [0.2, 0.25) is 0 Å². The largest absolute Gasteiger partial charge is 0.481 e. The fourth-order valence-corrected chi connectivity index (χ4v) is 2.37. The Morgan fingerprint density at radius 2 is 2.05 bits per heavy atom. The van der Waals surface area contributed by atoms with Gasteiger partial charge in [0, 0.05) is 6.54 Å². The third kappa shape index (κ3) is 3.48. The molecular formula is C13H12ClF2NO4. The first-order valence-corrected chi connectivity index (χ1v) is 6.53. The molecule has 5 nitrogen and oxygen atoms in total. The van der Waals surface area contributed by atoms with Crippen molar-refractivity contribution in [3.63, 3.8) is 0 Å². The maximum Gasteiger partial charge on any atom is 0.305 e. The van der Waals surface area contributed by atoms with Crippen LogP contribution in [0.4, 0.5) is 8.78 Å². The number of carbonyl (C=O) groups is 2. The summed E-state index contributed by atoms with van der Waals surface area (Å²) in [6.07, 6.45) is -0.299. The molecule has 8 heteroatoms. The van der Waals surface area contributed by atoms with Crippen molar-refractivity contribution in [3.8, 4) is 0 Å². The Morgan fingerprint density at radius 1 is 1.38 bits per heavy atom. The molecule has 21 heavy (non-hydrogen) atoms. The van der Waals surface area contributed by atoms with Crippen molar-refractivity contribution >= 4 is 23.5 Å². The molecule has 1 unspecified atom stereocenters. The van der Waals surface area contributed by atoms with Crippen LogP contribution in [-0.2, 0) is 9.53 Å². The number of nitrogens with zero attached hydrogens (tertiary/aromatic N) is 1. The van der Waals surface area contributed by atoms with Crippen molar-refractivity contribution in [2.24, 2.45) is 0 Å². The number of carbonyl (C=O) groups excluding carboxylic acids is 1. The van der Waals surface area contributed by atoms with Gasteiger partial charge in [-0.15, -0.1) is 0 Å². The zero-order valence-electron chi connectivity index (χ0n) is 10.8. The monoisotopic (exact) mass is 319 g/mol. The number of rotatable bonds is 3. The molecule has 0 spiro atoms. The van der Waals surface area contributed by atoms with Crippen molar-refractivity contribution in [1.82, 2.24) is 4.90 Å². The van der Waals surface area contributed by atoms with E-state index < -0.39 is 29.6 Å². The van der Waals surface area contributed by atoms with Crippen LogP contribution in [0.15, 0.2) is 12.1 Å². The highest BCUT2D eigenvalue weighted by Gasteiger charge is 2.31. The van der Waals surface area contributed by atoms with Gasteiger partial charge in [0.05, 0.1) is 36.3 Å². The van der Waals surface area contributed by atoms with E-state index in [2.05, 4.69) is 0 Å². The molecule has 1 N–H and O–H groups in total. The summed E-state index contributed by atoms with van der Waals surface area (Å²) in [5, 5.41) is 8.62. The molecule has 0 aliphatic carbocycles. The molecule has 1 atom stereocenters. The van der Waals surface area contributed by atoms with Gasteiger partial charge in [-0.25, -0.2) is 8.78 Å².